The highest BCUT2D eigenvalue weighted by Crippen LogP contribution is 2.37. The zero-order chi connectivity index (χ0) is 13.5. The van der Waals surface area contributed by atoms with Gasteiger partial charge < -0.3 is 0 Å². The van der Waals surface area contributed by atoms with E-state index in [-0.39, 0.29) is 0 Å². The summed E-state index contributed by atoms with van der Waals surface area (Å²) in [4.78, 5) is 3.84. The van der Waals surface area contributed by atoms with Crippen molar-refractivity contribution in [1.82, 2.24) is 19.7 Å². The lowest BCUT2D eigenvalue weighted by Gasteiger charge is -2.32. The molecule has 2 atom stereocenters. The molecule has 20 heavy (non-hydrogen) atoms. The molecule has 2 aliphatic heterocycles. The Morgan fingerprint density at radius 1 is 1.25 bits per heavy atom. The van der Waals surface area contributed by atoms with E-state index >= 15 is 0 Å². The molecular weight excluding hydrogens is 288 g/mol. The van der Waals surface area contributed by atoms with Crippen LogP contribution in [0.15, 0.2) is 17.5 Å². The maximum Gasteiger partial charge on any atom is 0.195 e. The zero-order valence-corrected chi connectivity index (χ0v) is 12.9. The van der Waals surface area contributed by atoms with Gasteiger partial charge in [-0.15, -0.1) is 11.3 Å². The first-order valence-corrected chi connectivity index (χ1v) is 8.58. The fourth-order valence-electron chi connectivity index (χ4n) is 3.71. The molecule has 0 spiro atoms. The quantitative estimate of drug-likeness (QED) is 0.863. The van der Waals surface area contributed by atoms with Crippen molar-refractivity contribution in [2.75, 3.05) is 13.1 Å². The highest BCUT2D eigenvalue weighted by molar-refractivity contribution is 7.71. The summed E-state index contributed by atoms with van der Waals surface area (Å²) in [5.41, 5.74) is 0. The molecular formula is C14H18N4S2. The molecule has 0 saturated carbocycles. The van der Waals surface area contributed by atoms with Crippen molar-refractivity contribution in [2.24, 2.45) is 0 Å². The Morgan fingerprint density at radius 2 is 2.20 bits per heavy atom. The first-order chi connectivity index (χ1) is 9.84. The minimum absolute atomic E-state index is 0.485. The Kier molecular flexibility index (Phi) is 3.24. The van der Waals surface area contributed by atoms with E-state index in [0.717, 1.165) is 10.6 Å². The third-order valence-electron chi connectivity index (χ3n) is 4.60. The highest BCUT2D eigenvalue weighted by atomic mass is 32.1. The minimum Gasteiger partial charge on any atom is -0.298 e. The normalized spacial score (nSPS) is 26.8. The van der Waals surface area contributed by atoms with Crippen molar-refractivity contribution in [3.8, 4) is 10.7 Å². The molecule has 0 aromatic carbocycles. The predicted octanol–water partition coefficient (Wildman–Crippen LogP) is 3.47. The topological polar surface area (TPSA) is 36.9 Å². The lowest BCUT2D eigenvalue weighted by atomic mass is 9.99. The number of rotatable bonds is 2. The summed E-state index contributed by atoms with van der Waals surface area (Å²) in [6.07, 6.45) is 5.17. The Hall–Kier alpha value is -0.980. The average Bonchev–Trinajstić information content (AvgIpc) is 3.16. The molecule has 2 aliphatic rings. The molecule has 0 aliphatic carbocycles. The molecule has 106 valence electrons. The monoisotopic (exact) mass is 306 g/mol. The van der Waals surface area contributed by atoms with Gasteiger partial charge in [0.05, 0.1) is 10.9 Å². The summed E-state index contributed by atoms with van der Waals surface area (Å²) in [6.45, 7) is 2.45. The summed E-state index contributed by atoms with van der Waals surface area (Å²) in [5, 5.41) is 9.58. The van der Waals surface area contributed by atoms with Crippen LogP contribution in [-0.4, -0.2) is 38.8 Å². The summed E-state index contributed by atoms with van der Waals surface area (Å²) in [7, 11) is 0. The number of piperidine rings is 1. The van der Waals surface area contributed by atoms with E-state index in [1.165, 1.54) is 43.6 Å². The van der Waals surface area contributed by atoms with E-state index in [4.69, 9.17) is 12.2 Å². The fraction of sp³-hybridized carbons (Fsp3) is 0.571. The number of thiophene rings is 1. The van der Waals surface area contributed by atoms with Gasteiger partial charge in [-0.3, -0.25) is 14.6 Å². The molecule has 4 heterocycles. The van der Waals surface area contributed by atoms with Crippen molar-refractivity contribution < 1.29 is 0 Å². The zero-order valence-electron chi connectivity index (χ0n) is 11.3. The molecule has 0 radical (unpaired) electrons. The minimum atomic E-state index is 0.485. The van der Waals surface area contributed by atoms with Gasteiger partial charge in [0.15, 0.2) is 10.6 Å². The Morgan fingerprint density at radius 3 is 3.05 bits per heavy atom. The molecule has 2 aromatic rings. The summed E-state index contributed by atoms with van der Waals surface area (Å²) < 4.78 is 3.04. The molecule has 2 aromatic heterocycles. The number of aromatic amines is 1. The van der Waals surface area contributed by atoms with Crippen molar-refractivity contribution >= 4 is 23.6 Å². The Bertz CT molecular complexity index is 642. The first kappa shape index (κ1) is 12.7. The lowest BCUT2D eigenvalue weighted by molar-refractivity contribution is 0.173. The highest BCUT2D eigenvalue weighted by Gasteiger charge is 2.38. The second-order valence-electron chi connectivity index (χ2n) is 5.65. The van der Waals surface area contributed by atoms with E-state index in [0.29, 0.717) is 12.1 Å². The van der Waals surface area contributed by atoms with Crippen LogP contribution in [0.4, 0.5) is 0 Å². The number of aromatic nitrogens is 3. The van der Waals surface area contributed by atoms with E-state index in [1.54, 1.807) is 11.3 Å². The Balaban J connectivity index is 1.75. The maximum absolute atomic E-state index is 5.51. The van der Waals surface area contributed by atoms with Gasteiger partial charge in [0, 0.05) is 12.6 Å². The van der Waals surface area contributed by atoms with Crippen LogP contribution in [0.1, 0.15) is 31.7 Å². The lowest BCUT2D eigenvalue weighted by Crippen LogP contribution is -2.37. The van der Waals surface area contributed by atoms with Crippen molar-refractivity contribution in [2.45, 2.75) is 37.8 Å². The number of hydrogen-bond donors (Lipinski definition) is 1. The van der Waals surface area contributed by atoms with Crippen molar-refractivity contribution in [3.05, 3.63) is 22.3 Å². The second-order valence-corrected chi connectivity index (χ2v) is 6.99. The number of hydrogen-bond acceptors (Lipinski definition) is 4. The molecule has 2 unspecified atom stereocenters. The van der Waals surface area contributed by atoms with Gasteiger partial charge in [0.2, 0.25) is 0 Å². The van der Waals surface area contributed by atoms with E-state index < -0.39 is 0 Å². The number of nitrogens with one attached hydrogen (secondary N) is 1. The molecule has 6 heteroatoms. The number of fused-ring (bicyclic) bond motifs is 1. The molecule has 4 rings (SSSR count). The van der Waals surface area contributed by atoms with Crippen LogP contribution in [0.5, 0.6) is 0 Å². The summed E-state index contributed by atoms with van der Waals surface area (Å²) >= 11 is 7.24. The maximum atomic E-state index is 5.51. The van der Waals surface area contributed by atoms with Gasteiger partial charge in [-0.1, -0.05) is 12.5 Å². The predicted molar refractivity (Wildman–Crippen MR) is 83.6 cm³/mol. The summed E-state index contributed by atoms with van der Waals surface area (Å²) in [6, 6.07) is 5.33. The van der Waals surface area contributed by atoms with Crippen molar-refractivity contribution in [1.29, 1.82) is 0 Å². The van der Waals surface area contributed by atoms with Crippen LogP contribution in [0, 0.1) is 4.77 Å². The largest absolute Gasteiger partial charge is 0.298 e. The first-order valence-electron chi connectivity index (χ1n) is 7.29. The Labute approximate surface area is 127 Å². The standard InChI is InChI=1S/C14H18N4S2/c19-14-16-15-13(12-5-3-9-20-12)18(14)11-6-8-17-7-2-1-4-10(11)17/h3,5,9-11H,1-2,4,6-8H2,(H,16,19). The number of nitrogens with zero attached hydrogens (tertiary/aromatic N) is 3. The third-order valence-corrected chi connectivity index (χ3v) is 5.75. The van der Waals surface area contributed by atoms with Gasteiger partial charge in [-0.05, 0) is 49.5 Å². The average molecular weight is 306 g/mol. The van der Waals surface area contributed by atoms with Crippen molar-refractivity contribution in [3.63, 3.8) is 0 Å². The van der Waals surface area contributed by atoms with Gasteiger partial charge >= 0.3 is 0 Å². The summed E-state index contributed by atoms with van der Waals surface area (Å²) in [5.74, 6) is 1.02. The van der Waals surface area contributed by atoms with Gasteiger partial charge in [-0.2, -0.15) is 5.10 Å². The molecule has 1 N–H and O–H groups in total. The van der Waals surface area contributed by atoms with Gasteiger partial charge in [-0.25, -0.2) is 0 Å². The van der Waals surface area contributed by atoms with Gasteiger partial charge in [0.1, 0.15) is 0 Å². The molecule has 4 nitrogen and oxygen atoms in total. The van der Waals surface area contributed by atoms with Gasteiger partial charge in [0.25, 0.3) is 0 Å². The fourth-order valence-corrected chi connectivity index (χ4v) is 4.69. The van der Waals surface area contributed by atoms with Crippen LogP contribution < -0.4 is 0 Å². The molecule has 0 amide bonds. The number of H-pyrrole nitrogens is 1. The van der Waals surface area contributed by atoms with E-state index in [1.807, 2.05) is 0 Å². The van der Waals surface area contributed by atoms with Crippen LogP contribution in [0.3, 0.4) is 0 Å². The molecule has 2 fully saturated rings. The molecule has 2 saturated heterocycles. The van der Waals surface area contributed by atoms with E-state index in [2.05, 4.69) is 37.2 Å². The SMILES string of the molecule is S=c1[nH]nc(-c2cccs2)n1C1CCN2CCCCC12. The third kappa shape index (κ3) is 1.98. The van der Waals surface area contributed by atoms with E-state index in [9.17, 15) is 0 Å². The van der Waals surface area contributed by atoms with Crippen LogP contribution in [0.25, 0.3) is 10.7 Å². The van der Waals surface area contributed by atoms with Crippen LogP contribution in [-0.2, 0) is 0 Å². The molecule has 0 bridgehead atoms. The van der Waals surface area contributed by atoms with Crippen LogP contribution in [0.2, 0.25) is 0 Å². The second kappa shape index (κ2) is 5.09. The van der Waals surface area contributed by atoms with Crippen LogP contribution >= 0.6 is 23.6 Å². The smallest absolute Gasteiger partial charge is 0.195 e.